The van der Waals surface area contributed by atoms with Gasteiger partial charge in [-0.1, -0.05) is 25.5 Å². The molecule has 0 spiro atoms. The van der Waals surface area contributed by atoms with E-state index < -0.39 is 5.92 Å². The summed E-state index contributed by atoms with van der Waals surface area (Å²) in [7, 11) is 0. The smallest absolute Gasteiger partial charge is 0.249 e. The summed E-state index contributed by atoms with van der Waals surface area (Å²) in [6, 6.07) is 7.09. The molecule has 0 fully saturated rings. The fraction of sp³-hybridized carbons (Fsp3) is 0.429. The van der Waals surface area contributed by atoms with Gasteiger partial charge >= 0.3 is 0 Å². The van der Waals surface area contributed by atoms with Crippen LogP contribution in [0.5, 0.6) is 0 Å². The van der Waals surface area contributed by atoms with E-state index in [1.165, 1.54) is 0 Å². The number of unbranched alkanes of at least 4 members (excludes halogenated alkanes) is 1. The Hall–Kier alpha value is -1.58. The van der Waals surface area contributed by atoms with E-state index in [9.17, 15) is 8.78 Å². The molecule has 1 heterocycles. The third kappa shape index (κ3) is 2.47. The van der Waals surface area contributed by atoms with E-state index in [1.54, 1.807) is 25.1 Å². The second kappa shape index (κ2) is 4.96. The maximum Gasteiger partial charge on any atom is 0.291 e. The van der Waals surface area contributed by atoms with Crippen LogP contribution in [0.4, 0.5) is 8.78 Å². The van der Waals surface area contributed by atoms with Crippen LogP contribution in [-0.4, -0.2) is 9.97 Å². The van der Waals surface area contributed by atoms with Gasteiger partial charge in [0.05, 0.1) is 16.7 Å². The van der Waals surface area contributed by atoms with Gasteiger partial charge in [0.1, 0.15) is 5.69 Å². The second-order valence-electron chi connectivity index (χ2n) is 4.45. The first-order valence-corrected chi connectivity index (χ1v) is 6.16. The largest absolute Gasteiger partial charge is 0.291 e. The highest BCUT2D eigenvalue weighted by molar-refractivity contribution is 5.74. The lowest BCUT2D eigenvalue weighted by Gasteiger charge is -2.17. The Balaban J connectivity index is 2.46. The first kappa shape index (κ1) is 12.9. The predicted octanol–water partition coefficient (Wildman–Crippen LogP) is 4.22. The maximum absolute atomic E-state index is 14.0. The topological polar surface area (TPSA) is 25.8 Å². The number of aryl methyl sites for hydroxylation is 1. The summed E-state index contributed by atoms with van der Waals surface area (Å²) in [6.45, 7) is 3.49. The van der Waals surface area contributed by atoms with Crippen molar-refractivity contribution in [2.75, 3.05) is 0 Å². The number of rotatable bonds is 4. The zero-order chi connectivity index (χ0) is 13.2. The highest BCUT2D eigenvalue weighted by Gasteiger charge is 2.34. The number of fused-ring (bicyclic) bond motifs is 1. The highest BCUT2D eigenvalue weighted by Crippen LogP contribution is 2.34. The molecule has 2 rings (SSSR count). The van der Waals surface area contributed by atoms with Gasteiger partial charge in [0.25, 0.3) is 5.92 Å². The van der Waals surface area contributed by atoms with Crippen LogP contribution in [0.1, 0.15) is 37.6 Å². The molecule has 0 aliphatic carbocycles. The number of aromatic nitrogens is 2. The van der Waals surface area contributed by atoms with Gasteiger partial charge in [0.15, 0.2) is 0 Å². The summed E-state index contributed by atoms with van der Waals surface area (Å²) < 4.78 is 28.1. The lowest BCUT2D eigenvalue weighted by Crippen LogP contribution is -2.18. The number of alkyl halides is 2. The van der Waals surface area contributed by atoms with E-state index in [0.717, 1.165) is 6.42 Å². The number of hydrogen-bond donors (Lipinski definition) is 0. The van der Waals surface area contributed by atoms with Crippen LogP contribution in [0.3, 0.4) is 0 Å². The zero-order valence-corrected chi connectivity index (χ0v) is 10.6. The van der Waals surface area contributed by atoms with Crippen molar-refractivity contribution < 1.29 is 8.78 Å². The summed E-state index contributed by atoms with van der Waals surface area (Å²) >= 11 is 0. The molecule has 0 aliphatic heterocycles. The van der Waals surface area contributed by atoms with Gasteiger partial charge in [-0.05, 0) is 25.5 Å². The van der Waals surface area contributed by atoms with Crippen LogP contribution in [0.25, 0.3) is 11.0 Å². The van der Waals surface area contributed by atoms with E-state index in [4.69, 9.17) is 0 Å². The van der Waals surface area contributed by atoms with Crippen LogP contribution in [0.15, 0.2) is 24.3 Å². The molecule has 0 aliphatic rings. The number of hydrogen-bond acceptors (Lipinski definition) is 2. The van der Waals surface area contributed by atoms with Crippen molar-refractivity contribution in [1.29, 1.82) is 0 Å². The summed E-state index contributed by atoms with van der Waals surface area (Å²) in [5, 5.41) is 0. The fourth-order valence-electron chi connectivity index (χ4n) is 1.95. The Labute approximate surface area is 105 Å². The third-order valence-electron chi connectivity index (χ3n) is 2.94. The van der Waals surface area contributed by atoms with Crippen LogP contribution >= 0.6 is 0 Å². The summed E-state index contributed by atoms with van der Waals surface area (Å²) in [4.78, 5) is 8.29. The Morgan fingerprint density at radius 1 is 1.11 bits per heavy atom. The molecular formula is C14H16F2N2. The van der Waals surface area contributed by atoms with E-state index in [0.29, 0.717) is 23.1 Å². The molecule has 1 aromatic heterocycles. The molecule has 0 unspecified atom stereocenters. The zero-order valence-electron chi connectivity index (χ0n) is 10.6. The maximum atomic E-state index is 14.0. The van der Waals surface area contributed by atoms with Crippen molar-refractivity contribution in [3.8, 4) is 0 Å². The van der Waals surface area contributed by atoms with Gasteiger partial charge in [-0.3, -0.25) is 0 Å². The van der Waals surface area contributed by atoms with Crippen LogP contribution in [-0.2, 0) is 5.92 Å². The molecule has 96 valence electrons. The van der Waals surface area contributed by atoms with Gasteiger partial charge in [0, 0.05) is 6.42 Å². The first-order chi connectivity index (χ1) is 8.54. The van der Waals surface area contributed by atoms with Gasteiger partial charge in [-0.15, -0.1) is 0 Å². The minimum Gasteiger partial charge on any atom is -0.249 e. The molecule has 0 saturated carbocycles. The molecule has 2 nitrogen and oxygen atoms in total. The Bertz CT molecular complexity index is 552. The lowest BCUT2D eigenvalue weighted by molar-refractivity contribution is -0.0205. The minimum absolute atomic E-state index is 0.169. The molecule has 0 atom stereocenters. The van der Waals surface area contributed by atoms with Crippen molar-refractivity contribution in [1.82, 2.24) is 9.97 Å². The van der Waals surface area contributed by atoms with Gasteiger partial charge in [0.2, 0.25) is 0 Å². The molecule has 0 radical (unpaired) electrons. The summed E-state index contributed by atoms with van der Waals surface area (Å²) in [6.07, 6.45) is 1.06. The van der Waals surface area contributed by atoms with E-state index >= 15 is 0 Å². The fourth-order valence-corrected chi connectivity index (χ4v) is 1.95. The highest BCUT2D eigenvalue weighted by atomic mass is 19.3. The molecule has 0 amide bonds. The standard InChI is InChI=1S/C14H16F2N2/c1-3-4-9-14(15,16)13-10(2)17-11-7-5-6-8-12(11)18-13/h5-8H,3-4,9H2,1-2H3. The van der Waals surface area contributed by atoms with Gasteiger partial charge in [-0.25, -0.2) is 9.97 Å². The Morgan fingerprint density at radius 2 is 1.72 bits per heavy atom. The van der Waals surface area contributed by atoms with E-state index in [-0.39, 0.29) is 12.1 Å². The average molecular weight is 250 g/mol. The first-order valence-electron chi connectivity index (χ1n) is 6.16. The molecule has 2 aromatic rings. The van der Waals surface area contributed by atoms with Gasteiger partial charge in [-0.2, -0.15) is 8.78 Å². The second-order valence-corrected chi connectivity index (χ2v) is 4.45. The van der Waals surface area contributed by atoms with Crippen LogP contribution in [0.2, 0.25) is 0 Å². The quantitative estimate of drug-likeness (QED) is 0.811. The molecule has 0 bridgehead atoms. The van der Waals surface area contributed by atoms with Crippen molar-refractivity contribution in [3.63, 3.8) is 0 Å². The summed E-state index contributed by atoms with van der Waals surface area (Å²) in [5.74, 6) is -2.89. The predicted molar refractivity (Wildman–Crippen MR) is 67.7 cm³/mol. The molecule has 18 heavy (non-hydrogen) atoms. The van der Waals surface area contributed by atoms with Crippen LogP contribution < -0.4 is 0 Å². The van der Waals surface area contributed by atoms with E-state index in [2.05, 4.69) is 9.97 Å². The summed E-state index contributed by atoms with van der Waals surface area (Å²) in [5.41, 5.74) is 1.31. The number of nitrogens with zero attached hydrogens (tertiary/aromatic N) is 2. The lowest BCUT2D eigenvalue weighted by atomic mass is 10.1. The molecule has 0 saturated heterocycles. The normalized spacial score (nSPS) is 12.0. The Kier molecular flexibility index (Phi) is 3.55. The average Bonchev–Trinajstić information content (AvgIpc) is 2.35. The van der Waals surface area contributed by atoms with Crippen molar-refractivity contribution in [2.24, 2.45) is 0 Å². The SMILES string of the molecule is CCCCC(F)(F)c1nc2ccccc2nc1C. The van der Waals surface area contributed by atoms with Gasteiger partial charge < -0.3 is 0 Å². The van der Waals surface area contributed by atoms with Crippen LogP contribution in [0, 0.1) is 6.92 Å². The molecule has 0 N–H and O–H groups in total. The number of benzene rings is 1. The van der Waals surface area contributed by atoms with Crippen molar-refractivity contribution in [3.05, 3.63) is 35.7 Å². The van der Waals surface area contributed by atoms with Crippen molar-refractivity contribution >= 4 is 11.0 Å². The van der Waals surface area contributed by atoms with Crippen molar-refractivity contribution in [2.45, 2.75) is 39.0 Å². The van der Waals surface area contributed by atoms with E-state index in [1.807, 2.05) is 13.0 Å². The monoisotopic (exact) mass is 250 g/mol. The molecular weight excluding hydrogens is 234 g/mol. The Morgan fingerprint density at radius 3 is 2.33 bits per heavy atom. The number of para-hydroxylation sites is 2. The molecule has 4 heteroatoms. The minimum atomic E-state index is -2.89. The third-order valence-corrected chi connectivity index (χ3v) is 2.94. The molecule has 1 aromatic carbocycles. The number of halogens is 2.